The molecule has 1 saturated heterocycles. The van der Waals surface area contributed by atoms with Gasteiger partial charge in [0.25, 0.3) is 0 Å². The van der Waals surface area contributed by atoms with Crippen LogP contribution in [0.4, 0.5) is 0 Å². The normalized spacial score (nSPS) is 19.6. The summed E-state index contributed by atoms with van der Waals surface area (Å²) in [6.45, 7) is 12.4. The molecule has 1 aromatic heterocycles. The number of hydrogen-bond donors (Lipinski definition) is 0. The Bertz CT molecular complexity index is 690. The van der Waals surface area contributed by atoms with E-state index < -0.39 is 0 Å². The van der Waals surface area contributed by atoms with E-state index in [0.29, 0.717) is 0 Å². The quantitative estimate of drug-likeness (QED) is 0.800. The fourth-order valence-electron chi connectivity index (χ4n) is 2.60. The van der Waals surface area contributed by atoms with E-state index in [1.54, 1.807) is 0 Å². The third-order valence-corrected chi connectivity index (χ3v) is 4.75. The summed E-state index contributed by atoms with van der Waals surface area (Å²) in [4.78, 5) is 0. The smallest absolute Gasteiger partial charge is 0.399 e. The van der Waals surface area contributed by atoms with E-state index in [9.17, 15) is 0 Å². The summed E-state index contributed by atoms with van der Waals surface area (Å²) >= 11 is 0. The van der Waals surface area contributed by atoms with E-state index in [0.717, 1.165) is 22.4 Å². The summed E-state index contributed by atoms with van der Waals surface area (Å²) in [6, 6.07) is 8.24. The highest BCUT2D eigenvalue weighted by Crippen LogP contribution is 2.36. The predicted octanol–water partition coefficient (Wildman–Crippen LogP) is 2.79. The molecule has 116 valence electrons. The van der Waals surface area contributed by atoms with Gasteiger partial charge in [-0.3, -0.25) is 0 Å². The summed E-state index contributed by atoms with van der Waals surface area (Å²) < 4.78 is 14.2. The minimum atomic E-state index is -0.321. The Hall–Kier alpha value is -1.59. The topological polar surface area (TPSA) is 36.3 Å². The van der Waals surface area contributed by atoms with Gasteiger partial charge in [0.05, 0.1) is 22.6 Å². The second kappa shape index (κ2) is 4.96. The van der Waals surface area contributed by atoms with E-state index in [1.807, 2.05) is 23.9 Å². The lowest BCUT2D eigenvalue weighted by atomic mass is 9.76. The van der Waals surface area contributed by atoms with Crippen LogP contribution in [0.15, 0.2) is 30.5 Å². The van der Waals surface area contributed by atoms with Crippen LogP contribution in [0.25, 0.3) is 5.69 Å². The molecule has 0 aliphatic carbocycles. The van der Waals surface area contributed by atoms with Crippen molar-refractivity contribution in [3.05, 3.63) is 41.7 Å². The minimum Gasteiger partial charge on any atom is -0.399 e. The Labute approximate surface area is 132 Å². The molecule has 1 aliphatic rings. The van der Waals surface area contributed by atoms with Gasteiger partial charge in [-0.05, 0) is 70.8 Å². The zero-order valence-electron chi connectivity index (χ0n) is 14.2. The van der Waals surface area contributed by atoms with Crippen LogP contribution in [0.2, 0.25) is 0 Å². The largest absolute Gasteiger partial charge is 0.495 e. The van der Waals surface area contributed by atoms with Gasteiger partial charge >= 0.3 is 7.12 Å². The van der Waals surface area contributed by atoms with E-state index in [-0.39, 0.29) is 18.3 Å². The van der Waals surface area contributed by atoms with Crippen LogP contribution >= 0.6 is 0 Å². The minimum absolute atomic E-state index is 0.318. The molecular formula is C17H23BN2O2. The van der Waals surface area contributed by atoms with E-state index in [2.05, 4.69) is 57.9 Å². The van der Waals surface area contributed by atoms with Gasteiger partial charge in [0.15, 0.2) is 0 Å². The number of hydrogen-bond acceptors (Lipinski definition) is 3. The Kier molecular flexibility index (Phi) is 3.46. The first-order valence-electron chi connectivity index (χ1n) is 7.68. The summed E-state index contributed by atoms with van der Waals surface area (Å²) in [5.74, 6) is 0. The van der Waals surface area contributed by atoms with Gasteiger partial charge in [0, 0.05) is 6.20 Å². The highest BCUT2D eigenvalue weighted by Gasteiger charge is 2.52. The van der Waals surface area contributed by atoms with Crippen LogP contribution < -0.4 is 5.46 Å². The molecule has 0 amide bonds. The van der Waals surface area contributed by atoms with Gasteiger partial charge in [-0.15, -0.1) is 0 Å². The molecule has 1 aliphatic heterocycles. The van der Waals surface area contributed by atoms with Crippen molar-refractivity contribution in [1.29, 1.82) is 0 Å². The number of aryl methyl sites for hydroxylation is 2. The molecule has 0 unspecified atom stereocenters. The molecular weight excluding hydrogens is 275 g/mol. The second-order valence-electron chi connectivity index (χ2n) is 7.03. The van der Waals surface area contributed by atoms with Crippen LogP contribution in [0, 0.1) is 13.8 Å². The summed E-state index contributed by atoms with van der Waals surface area (Å²) in [5, 5.41) is 4.45. The maximum atomic E-state index is 6.14. The summed E-state index contributed by atoms with van der Waals surface area (Å²) in [5.41, 5.74) is 3.64. The Morgan fingerprint density at radius 1 is 1.00 bits per heavy atom. The van der Waals surface area contributed by atoms with Crippen molar-refractivity contribution in [3.63, 3.8) is 0 Å². The summed E-state index contributed by atoms with van der Waals surface area (Å²) in [7, 11) is -0.321. The van der Waals surface area contributed by atoms with Crippen molar-refractivity contribution < 1.29 is 9.31 Å². The molecule has 0 N–H and O–H groups in total. The molecule has 1 aromatic carbocycles. The van der Waals surface area contributed by atoms with Crippen LogP contribution in [-0.2, 0) is 9.31 Å². The molecule has 3 rings (SSSR count). The fraction of sp³-hybridized carbons (Fsp3) is 0.471. The number of nitrogens with zero attached hydrogens (tertiary/aromatic N) is 2. The van der Waals surface area contributed by atoms with Crippen molar-refractivity contribution in [2.75, 3.05) is 0 Å². The average Bonchev–Trinajstić information content (AvgIpc) is 2.91. The Balaban J connectivity index is 1.91. The monoisotopic (exact) mass is 298 g/mol. The molecule has 0 bridgehead atoms. The molecule has 4 nitrogen and oxygen atoms in total. The highest BCUT2D eigenvalue weighted by atomic mass is 16.7. The predicted molar refractivity (Wildman–Crippen MR) is 88.8 cm³/mol. The molecule has 5 heteroatoms. The first-order chi connectivity index (χ1) is 10.2. The third kappa shape index (κ3) is 2.48. The van der Waals surface area contributed by atoms with Gasteiger partial charge < -0.3 is 9.31 Å². The summed E-state index contributed by atoms with van der Waals surface area (Å²) in [6.07, 6.45) is 1.97. The van der Waals surface area contributed by atoms with Crippen LogP contribution in [-0.4, -0.2) is 28.1 Å². The molecule has 0 saturated carbocycles. The molecule has 0 spiro atoms. The Morgan fingerprint density at radius 3 is 2.14 bits per heavy atom. The maximum Gasteiger partial charge on any atom is 0.495 e. The van der Waals surface area contributed by atoms with Gasteiger partial charge in [0.1, 0.15) is 0 Å². The first-order valence-corrected chi connectivity index (χ1v) is 7.68. The Morgan fingerprint density at radius 2 is 1.64 bits per heavy atom. The molecule has 0 atom stereocenters. The molecule has 22 heavy (non-hydrogen) atoms. The van der Waals surface area contributed by atoms with Gasteiger partial charge in [-0.1, -0.05) is 6.07 Å². The zero-order chi connectivity index (χ0) is 16.1. The van der Waals surface area contributed by atoms with E-state index in [1.165, 1.54) is 0 Å². The average molecular weight is 298 g/mol. The lowest BCUT2D eigenvalue weighted by molar-refractivity contribution is 0.00578. The first kappa shape index (κ1) is 15.3. The zero-order valence-corrected chi connectivity index (χ0v) is 14.2. The van der Waals surface area contributed by atoms with E-state index in [4.69, 9.17) is 9.31 Å². The van der Waals surface area contributed by atoms with Crippen LogP contribution in [0.3, 0.4) is 0 Å². The number of rotatable bonds is 2. The standard InChI is InChI=1S/C17H23BN2O2/c1-12-11-14(20-10-9-13(2)19-20)7-8-15(12)18-21-16(3,4)17(5,6)22-18/h7-11H,1-6H3. The lowest BCUT2D eigenvalue weighted by Gasteiger charge is -2.32. The number of benzene rings is 1. The van der Waals surface area contributed by atoms with Crippen molar-refractivity contribution >= 4 is 12.6 Å². The molecule has 1 fully saturated rings. The number of aromatic nitrogens is 2. The van der Waals surface area contributed by atoms with Crippen LogP contribution in [0.5, 0.6) is 0 Å². The van der Waals surface area contributed by atoms with E-state index >= 15 is 0 Å². The molecule has 2 heterocycles. The highest BCUT2D eigenvalue weighted by molar-refractivity contribution is 6.62. The molecule has 2 aromatic rings. The fourth-order valence-corrected chi connectivity index (χ4v) is 2.60. The third-order valence-electron chi connectivity index (χ3n) is 4.75. The van der Waals surface area contributed by atoms with Gasteiger partial charge in [-0.2, -0.15) is 5.10 Å². The van der Waals surface area contributed by atoms with Crippen molar-refractivity contribution in [2.24, 2.45) is 0 Å². The molecule has 0 radical (unpaired) electrons. The lowest BCUT2D eigenvalue weighted by Crippen LogP contribution is -2.41. The van der Waals surface area contributed by atoms with Gasteiger partial charge in [0.2, 0.25) is 0 Å². The van der Waals surface area contributed by atoms with Crippen molar-refractivity contribution in [3.8, 4) is 5.69 Å². The van der Waals surface area contributed by atoms with Crippen LogP contribution in [0.1, 0.15) is 39.0 Å². The van der Waals surface area contributed by atoms with Crippen molar-refractivity contribution in [1.82, 2.24) is 9.78 Å². The SMILES string of the molecule is Cc1ccn(-c2ccc(B3OC(C)(C)C(C)(C)O3)c(C)c2)n1. The maximum absolute atomic E-state index is 6.14. The van der Waals surface area contributed by atoms with Gasteiger partial charge in [-0.25, -0.2) is 4.68 Å². The second-order valence-corrected chi connectivity index (χ2v) is 7.03. The van der Waals surface area contributed by atoms with Crippen molar-refractivity contribution in [2.45, 2.75) is 52.7 Å².